The van der Waals surface area contributed by atoms with Crippen molar-refractivity contribution >= 4 is 17.2 Å². The van der Waals surface area contributed by atoms with Gasteiger partial charge in [0.2, 0.25) is 5.91 Å². The summed E-state index contributed by atoms with van der Waals surface area (Å²) < 4.78 is 5.19. The first-order chi connectivity index (χ1) is 8.27. The molecule has 1 unspecified atom stereocenters. The number of thiophene rings is 1. The van der Waals surface area contributed by atoms with Gasteiger partial charge in [0.1, 0.15) is 0 Å². The topological polar surface area (TPSA) is 50.4 Å². The van der Waals surface area contributed by atoms with Crippen LogP contribution in [-0.4, -0.2) is 32.7 Å². The first-order valence-corrected chi connectivity index (χ1v) is 6.65. The van der Waals surface area contributed by atoms with E-state index in [1.54, 1.807) is 18.4 Å². The quantitative estimate of drug-likeness (QED) is 0.824. The molecule has 1 fully saturated rings. The lowest BCUT2D eigenvalue weighted by Gasteiger charge is -2.25. The minimum atomic E-state index is -0.383. The zero-order valence-corrected chi connectivity index (χ0v) is 10.8. The third-order valence-corrected chi connectivity index (χ3v) is 4.03. The molecule has 94 valence electrons. The van der Waals surface area contributed by atoms with Crippen LogP contribution in [0, 0.1) is 5.41 Å². The van der Waals surface area contributed by atoms with Gasteiger partial charge in [-0.1, -0.05) is 6.07 Å². The summed E-state index contributed by atoms with van der Waals surface area (Å²) in [5.74, 6) is 0.0951. The fraction of sp³-hybridized carbons (Fsp3) is 0.583. The lowest BCUT2D eigenvalue weighted by atomic mass is 9.87. The third-order valence-electron chi connectivity index (χ3n) is 3.15. The van der Waals surface area contributed by atoms with Gasteiger partial charge in [-0.3, -0.25) is 4.79 Å². The van der Waals surface area contributed by atoms with Crippen molar-refractivity contribution in [1.29, 1.82) is 0 Å². The average molecular weight is 254 g/mol. The van der Waals surface area contributed by atoms with Gasteiger partial charge in [0.05, 0.1) is 18.6 Å². The Balaban J connectivity index is 1.92. The summed E-state index contributed by atoms with van der Waals surface area (Å²) in [5.41, 5.74) is -0.383. The van der Waals surface area contributed by atoms with E-state index in [0.29, 0.717) is 19.7 Å². The van der Waals surface area contributed by atoms with Crippen molar-refractivity contribution in [2.75, 3.05) is 26.8 Å². The Hall–Kier alpha value is -0.910. The fourth-order valence-electron chi connectivity index (χ4n) is 2.17. The van der Waals surface area contributed by atoms with Crippen molar-refractivity contribution < 1.29 is 9.53 Å². The fourth-order valence-corrected chi connectivity index (χ4v) is 2.82. The minimum absolute atomic E-state index is 0.0951. The number of hydrogen-bond acceptors (Lipinski definition) is 4. The third kappa shape index (κ3) is 2.86. The Labute approximate surface area is 105 Å². The van der Waals surface area contributed by atoms with Crippen LogP contribution in [0.2, 0.25) is 0 Å². The van der Waals surface area contributed by atoms with E-state index in [4.69, 9.17) is 4.74 Å². The normalized spacial score (nSPS) is 23.8. The summed E-state index contributed by atoms with van der Waals surface area (Å²) >= 11 is 1.66. The second kappa shape index (κ2) is 5.62. The highest BCUT2D eigenvalue weighted by atomic mass is 32.1. The van der Waals surface area contributed by atoms with Crippen molar-refractivity contribution in [2.24, 2.45) is 5.41 Å². The molecule has 5 heteroatoms. The molecule has 0 saturated carbocycles. The van der Waals surface area contributed by atoms with Crippen molar-refractivity contribution in [3.63, 3.8) is 0 Å². The highest BCUT2D eigenvalue weighted by Gasteiger charge is 2.41. The number of amides is 1. The molecule has 2 N–H and O–H groups in total. The van der Waals surface area contributed by atoms with Gasteiger partial charge in [-0.15, -0.1) is 11.3 Å². The van der Waals surface area contributed by atoms with E-state index < -0.39 is 0 Å². The lowest BCUT2D eigenvalue weighted by Crippen LogP contribution is -2.45. The zero-order chi connectivity index (χ0) is 12.1. The standard InChI is InChI=1S/C12H18N2O2S/c1-16-9-12(4-5-13-8-12)11(15)14-7-10-3-2-6-17-10/h2-3,6,13H,4-5,7-9H2,1H3,(H,14,15). The monoisotopic (exact) mass is 254 g/mol. The van der Waals surface area contributed by atoms with Gasteiger partial charge in [-0.2, -0.15) is 0 Å². The average Bonchev–Trinajstić information content (AvgIpc) is 2.97. The first kappa shape index (κ1) is 12.5. The molecule has 0 radical (unpaired) electrons. The maximum Gasteiger partial charge on any atom is 0.230 e. The van der Waals surface area contributed by atoms with E-state index in [0.717, 1.165) is 13.0 Å². The summed E-state index contributed by atoms with van der Waals surface area (Å²) in [6.07, 6.45) is 0.844. The Kier molecular flexibility index (Phi) is 4.15. The number of carbonyl (C=O) groups excluding carboxylic acids is 1. The maximum atomic E-state index is 12.2. The molecule has 1 aromatic rings. The highest BCUT2D eigenvalue weighted by Crippen LogP contribution is 2.26. The van der Waals surface area contributed by atoms with Gasteiger partial charge in [-0.25, -0.2) is 0 Å². The van der Waals surface area contributed by atoms with Crippen LogP contribution in [0.5, 0.6) is 0 Å². The van der Waals surface area contributed by atoms with Gasteiger partial charge < -0.3 is 15.4 Å². The first-order valence-electron chi connectivity index (χ1n) is 5.77. The van der Waals surface area contributed by atoms with Gasteiger partial charge in [0.15, 0.2) is 0 Å². The summed E-state index contributed by atoms with van der Waals surface area (Å²) in [6.45, 7) is 2.69. The molecule has 1 amide bonds. The van der Waals surface area contributed by atoms with Gasteiger partial charge in [0.25, 0.3) is 0 Å². The van der Waals surface area contributed by atoms with Crippen molar-refractivity contribution in [3.05, 3.63) is 22.4 Å². The largest absolute Gasteiger partial charge is 0.384 e. The van der Waals surface area contributed by atoms with E-state index >= 15 is 0 Å². The predicted molar refractivity (Wildman–Crippen MR) is 68.0 cm³/mol. The number of carbonyl (C=O) groups is 1. The molecular formula is C12H18N2O2S. The molecule has 17 heavy (non-hydrogen) atoms. The molecule has 0 aliphatic carbocycles. The van der Waals surface area contributed by atoms with Crippen molar-refractivity contribution in [1.82, 2.24) is 10.6 Å². The molecule has 1 aromatic heterocycles. The number of ether oxygens (including phenoxy) is 1. The number of nitrogens with one attached hydrogen (secondary N) is 2. The second-order valence-corrected chi connectivity index (χ2v) is 5.43. The molecule has 1 atom stereocenters. The lowest BCUT2D eigenvalue weighted by molar-refractivity contribution is -0.133. The van der Waals surface area contributed by atoms with Crippen molar-refractivity contribution in [2.45, 2.75) is 13.0 Å². The minimum Gasteiger partial charge on any atom is -0.384 e. The molecule has 0 bridgehead atoms. The zero-order valence-electron chi connectivity index (χ0n) is 9.99. The molecule has 2 heterocycles. The van der Waals surface area contributed by atoms with Crippen LogP contribution in [0.15, 0.2) is 17.5 Å². The summed E-state index contributed by atoms with van der Waals surface area (Å²) in [5, 5.41) is 8.26. The van der Waals surface area contributed by atoms with E-state index in [-0.39, 0.29) is 11.3 Å². The van der Waals surface area contributed by atoms with Crippen molar-refractivity contribution in [3.8, 4) is 0 Å². The molecule has 0 spiro atoms. The Morgan fingerprint density at radius 2 is 2.59 bits per heavy atom. The molecule has 1 saturated heterocycles. The van der Waals surface area contributed by atoms with Crippen LogP contribution >= 0.6 is 11.3 Å². The molecule has 2 rings (SSSR count). The van der Waals surface area contributed by atoms with Crippen LogP contribution in [0.3, 0.4) is 0 Å². The van der Waals surface area contributed by atoms with E-state index in [1.807, 2.05) is 17.5 Å². The van der Waals surface area contributed by atoms with E-state index in [9.17, 15) is 4.79 Å². The Bertz CT molecular complexity index is 359. The van der Waals surface area contributed by atoms with Gasteiger partial charge >= 0.3 is 0 Å². The highest BCUT2D eigenvalue weighted by molar-refractivity contribution is 7.09. The van der Waals surface area contributed by atoms with Crippen LogP contribution < -0.4 is 10.6 Å². The van der Waals surface area contributed by atoms with Gasteiger partial charge in [-0.05, 0) is 24.4 Å². The Morgan fingerprint density at radius 3 is 3.18 bits per heavy atom. The summed E-state index contributed by atoms with van der Waals surface area (Å²) in [7, 11) is 1.65. The van der Waals surface area contributed by atoms with E-state index in [1.165, 1.54) is 4.88 Å². The van der Waals surface area contributed by atoms with E-state index in [2.05, 4.69) is 10.6 Å². The molecule has 0 aromatic carbocycles. The SMILES string of the molecule is COCC1(C(=O)NCc2cccs2)CCNC1. The number of hydrogen-bond donors (Lipinski definition) is 2. The molecule has 1 aliphatic rings. The second-order valence-electron chi connectivity index (χ2n) is 4.40. The number of rotatable bonds is 5. The maximum absolute atomic E-state index is 12.2. The predicted octanol–water partition coefficient (Wildman–Crippen LogP) is 0.990. The van der Waals surface area contributed by atoms with Crippen LogP contribution in [0.25, 0.3) is 0 Å². The molecular weight excluding hydrogens is 236 g/mol. The van der Waals surface area contributed by atoms with Gasteiger partial charge in [0, 0.05) is 18.5 Å². The smallest absolute Gasteiger partial charge is 0.230 e. The molecule has 4 nitrogen and oxygen atoms in total. The molecule has 1 aliphatic heterocycles. The number of methoxy groups -OCH3 is 1. The summed E-state index contributed by atoms with van der Waals surface area (Å²) in [6, 6.07) is 4.02. The van der Waals surface area contributed by atoms with Crippen LogP contribution in [0.1, 0.15) is 11.3 Å². The van der Waals surface area contributed by atoms with Crippen LogP contribution in [0.4, 0.5) is 0 Å². The summed E-state index contributed by atoms with van der Waals surface area (Å²) in [4.78, 5) is 13.4. The Morgan fingerprint density at radius 1 is 1.71 bits per heavy atom. The van der Waals surface area contributed by atoms with Crippen LogP contribution in [-0.2, 0) is 16.1 Å².